The second-order valence-electron chi connectivity index (χ2n) is 6.66. The lowest BCUT2D eigenvalue weighted by Crippen LogP contribution is -2.46. The first-order valence-electron chi connectivity index (χ1n) is 8.68. The van der Waals surface area contributed by atoms with Gasteiger partial charge in [0.25, 0.3) is 0 Å². The van der Waals surface area contributed by atoms with Crippen molar-refractivity contribution in [2.24, 2.45) is 0 Å². The Bertz CT molecular complexity index is 790. The second kappa shape index (κ2) is 8.02. The fraction of sp³-hybridized carbons (Fsp3) is 0.350. The lowest BCUT2D eigenvalue weighted by atomic mass is 9.91. The zero-order valence-electron chi connectivity index (χ0n) is 14.4. The van der Waals surface area contributed by atoms with E-state index in [4.69, 9.17) is 0 Å². The van der Waals surface area contributed by atoms with E-state index in [1.54, 1.807) is 0 Å². The minimum absolute atomic E-state index is 0.415. The molecule has 2 aromatic rings. The van der Waals surface area contributed by atoms with Crippen molar-refractivity contribution < 1.29 is 23.1 Å². The topological polar surface area (TPSA) is 40.5 Å². The van der Waals surface area contributed by atoms with E-state index in [0.29, 0.717) is 18.5 Å². The number of hydrogen-bond donors (Lipinski definition) is 1. The molecule has 1 aliphatic rings. The first-order valence-corrected chi connectivity index (χ1v) is 9.48. The normalized spacial score (nSPS) is 19.6. The number of likely N-dealkylation sites (tertiary alicyclic amines) is 1. The zero-order chi connectivity index (χ0) is 19.6. The number of piperidine rings is 1. The molecule has 3 rings (SSSR count). The largest absolute Gasteiger partial charge is 0.480 e. The van der Waals surface area contributed by atoms with Crippen LogP contribution in [0.15, 0.2) is 53.0 Å². The van der Waals surface area contributed by atoms with E-state index in [2.05, 4.69) is 15.9 Å². The minimum atomic E-state index is -4.40. The van der Waals surface area contributed by atoms with Crippen LogP contribution in [0.4, 0.5) is 13.2 Å². The smallest absolute Gasteiger partial charge is 0.416 e. The Morgan fingerprint density at radius 1 is 1.04 bits per heavy atom. The molecule has 27 heavy (non-hydrogen) atoms. The van der Waals surface area contributed by atoms with Gasteiger partial charge in [-0.05, 0) is 54.8 Å². The highest BCUT2D eigenvalue weighted by Gasteiger charge is 2.36. The Kier molecular flexibility index (Phi) is 5.91. The van der Waals surface area contributed by atoms with E-state index in [0.717, 1.165) is 35.0 Å². The van der Waals surface area contributed by atoms with E-state index >= 15 is 0 Å². The molecule has 2 unspecified atom stereocenters. The average molecular weight is 442 g/mol. The Balaban J connectivity index is 2.04. The van der Waals surface area contributed by atoms with Gasteiger partial charge in [0.05, 0.1) is 11.6 Å². The quantitative estimate of drug-likeness (QED) is 0.681. The van der Waals surface area contributed by atoms with E-state index in [1.165, 1.54) is 12.1 Å². The summed E-state index contributed by atoms with van der Waals surface area (Å²) in [6.07, 6.45) is -2.19. The van der Waals surface area contributed by atoms with Crippen LogP contribution in [0.1, 0.15) is 42.0 Å². The SMILES string of the molecule is O=C(O)C1CCCCN1C(c1ccc(Br)cc1)c1ccc(C(F)(F)F)cc1. The Labute approximate surface area is 163 Å². The first kappa shape index (κ1) is 19.9. The van der Waals surface area contributed by atoms with Crippen molar-refractivity contribution in [3.63, 3.8) is 0 Å². The molecule has 1 aliphatic heterocycles. The van der Waals surface area contributed by atoms with Crippen molar-refractivity contribution in [1.29, 1.82) is 0 Å². The molecule has 0 radical (unpaired) electrons. The number of hydrogen-bond acceptors (Lipinski definition) is 2. The molecule has 1 N–H and O–H groups in total. The number of alkyl halides is 3. The summed E-state index contributed by atoms with van der Waals surface area (Å²) in [5.41, 5.74) is 0.791. The van der Waals surface area contributed by atoms with Crippen molar-refractivity contribution >= 4 is 21.9 Å². The van der Waals surface area contributed by atoms with Gasteiger partial charge in [-0.2, -0.15) is 13.2 Å². The standard InChI is InChI=1S/C20H19BrF3NO2/c21-16-10-6-14(7-11-16)18(25-12-2-1-3-17(25)19(26)27)13-4-8-15(9-5-13)20(22,23)24/h4-11,17-18H,1-3,12H2,(H,26,27). The number of carboxylic acid groups (broad SMARTS) is 1. The summed E-state index contributed by atoms with van der Waals surface area (Å²) < 4.78 is 39.6. The molecule has 1 heterocycles. The number of carboxylic acids is 1. The van der Waals surface area contributed by atoms with Crippen LogP contribution in [-0.4, -0.2) is 28.6 Å². The number of benzene rings is 2. The molecule has 0 saturated carbocycles. The van der Waals surface area contributed by atoms with Gasteiger partial charge in [0.15, 0.2) is 0 Å². The van der Waals surface area contributed by atoms with Crippen LogP contribution in [-0.2, 0) is 11.0 Å². The third-order valence-electron chi connectivity index (χ3n) is 4.90. The number of carbonyl (C=O) groups is 1. The highest BCUT2D eigenvalue weighted by atomic mass is 79.9. The minimum Gasteiger partial charge on any atom is -0.480 e. The molecule has 0 aromatic heterocycles. The Morgan fingerprint density at radius 2 is 1.59 bits per heavy atom. The zero-order valence-corrected chi connectivity index (χ0v) is 16.0. The monoisotopic (exact) mass is 441 g/mol. The van der Waals surface area contributed by atoms with Gasteiger partial charge in [0.1, 0.15) is 6.04 Å². The summed E-state index contributed by atoms with van der Waals surface area (Å²) in [4.78, 5) is 13.7. The van der Waals surface area contributed by atoms with Gasteiger partial charge in [-0.25, -0.2) is 0 Å². The highest BCUT2D eigenvalue weighted by Crippen LogP contribution is 2.36. The molecule has 2 atom stereocenters. The maximum absolute atomic E-state index is 12.9. The number of aliphatic carboxylic acids is 1. The van der Waals surface area contributed by atoms with Crippen LogP contribution in [0.3, 0.4) is 0 Å². The molecular weight excluding hydrogens is 423 g/mol. The van der Waals surface area contributed by atoms with E-state index in [-0.39, 0.29) is 0 Å². The summed E-state index contributed by atoms with van der Waals surface area (Å²) in [6.45, 7) is 0.582. The molecule has 1 fully saturated rings. The van der Waals surface area contributed by atoms with Crippen LogP contribution in [0, 0.1) is 0 Å². The van der Waals surface area contributed by atoms with Crippen molar-refractivity contribution in [2.75, 3.05) is 6.54 Å². The second-order valence-corrected chi connectivity index (χ2v) is 7.58. The van der Waals surface area contributed by atoms with E-state index < -0.39 is 29.8 Å². The lowest BCUT2D eigenvalue weighted by molar-refractivity contribution is -0.145. The molecular formula is C20H19BrF3NO2. The summed E-state index contributed by atoms with van der Waals surface area (Å²) in [6, 6.07) is 11.4. The molecule has 0 aliphatic carbocycles. The fourth-order valence-electron chi connectivity index (χ4n) is 3.60. The maximum Gasteiger partial charge on any atom is 0.416 e. The molecule has 0 amide bonds. The van der Waals surface area contributed by atoms with Crippen molar-refractivity contribution in [2.45, 2.75) is 37.5 Å². The number of nitrogens with zero attached hydrogens (tertiary/aromatic N) is 1. The van der Waals surface area contributed by atoms with E-state index in [9.17, 15) is 23.1 Å². The van der Waals surface area contributed by atoms with Crippen LogP contribution in [0.2, 0.25) is 0 Å². The number of halogens is 4. The van der Waals surface area contributed by atoms with Gasteiger partial charge in [-0.3, -0.25) is 9.69 Å². The van der Waals surface area contributed by atoms with Gasteiger partial charge in [-0.15, -0.1) is 0 Å². The van der Waals surface area contributed by atoms with Gasteiger partial charge in [0, 0.05) is 4.47 Å². The van der Waals surface area contributed by atoms with Crippen LogP contribution >= 0.6 is 15.9 Å². The molecule has 0 spiro atoms. The highest BCUT2D eigenvalue weighted by molar-refractivity contribution is 9.10. The number of rotatable bonds is 4. The Hall–Kier alpha value is -1.86. The fourth-order valence-corrected chi connectivity index (χ4v) is 3.87. The molecule has 2 aromatic carbocycles. The molecule has 7 heteroatoms. The maximum atomic E-state index is 12.9. The van der Waals surface area contributed by atoms with Gasteiger partial charge in [0.2, 0.25) is 0 Å². The molecule has 0 bridgehead atoms. The van der Waals surface area contributed by atoms with Crippen LogP contribution < -0.4 is 0 Å². The lowest BCUT2D eigenvalue weighted by Gasteiger charge is -2.39. The Morgan fingerprint density at radius 3 is 2.11 bits per heavy atom. The predicted molar refractivity (Wildman–Crippen MR) is 99.4 cm³/mol. The molecule has 144 valence electrons. The van der Waals surface area contributed by atoms with Gasteiger partial charge in [-0.1, -0.05) is 46.6 Å². The van der Waals surface area contributed by atoms with Crippen molar-refractivity contribution in [1.82, 2.24) is 4.90 Å². The molecule has 3 nitrogen and oxygen atoms in total. The summed E-state index contributed by atoms with van der Waals surface area (Å²) in [7, 11) is 0. The van der Waals surface area contributed by atoms with Crippen molar-refractivity contribution in [3.8, 4) is 0 Å². The predicted octanol–water partition coefficient (Wildman–Crippen LogP) is 5.50. The van der Waals surface area contributed by atoms with Crippen LogP contribution in [0.5, 0.6) is 0 Å². The van der Waals surface area contributed by atoms with Gasteiger partial charge < -0.3 is 5.11 Å². The van der Waals surface area contributed by atoms with Crippen LogP contribution in [0.25, 0.3) is 0 Å². The summed E-state index contributed by atoms with van der Waals surface area (Å²) in [5.74, 6) is -0.899. The molecule has 1 saturated heterocycles. The first-order chi connectivity index (χ1) is 12.8. The summed E-state index contributed by atoms with van der Waals surface area (Å²) in [5, 5.41) is 9.65. The third-order valence-corrected chi connectivity index (χ3v) is 5.43. The van der Waals surface area contributed by atoms with Gasteiger partial charge >= 0.3 is 12.1 Å². The van der Waals surface area contributed by atoms with Crippen molar-refractivity contribution in [3.05, 3.63) is 69.7 Å². The summed E-state index contributed by atoms with van der Waals surface area (Å²) >= 11 is 3.38. The van der Waals surface area contributed by atoms with E-state index in [1.807, 2.05) is 29.2 Å². The third kappa shape index (κ3) is 4.52. The average Bonchev–Trinajstić information content (AvgIpc) is 2.63.